The number of hydrogen-bond donors (Lipinski definition) is 3. The van der Waals surface area contributed by atoms with Crippen molar-refractivity contribution in [2.24, 2.45) is 5.73 Å². The quantitative estimate of drug-likeness (QED) is 0.608. The minimum Gasteiger partial charge on any atom is -0.494 e. The summed E-state index contributed by atoms with van der Waals surface area (Å²) in [5, 5.41) is 5.33. The number of carbonyl (C=O) groups is 2. The number of ether oxygens (including phenoxy) is 1. The van der Waals surface area contributed by atoms with Gasteiger partial charge in [-0.2, -0.15) is 0 Å². The second-order valence-corrected chi connectivity index (χ2v) is 5.28. The number of methoxy groups -OCH3 is 1. The van der Waals surface area contributed by atoms with E-state index in [9.17, 15) is 14.0 Å². The van der Waals surface area contributed by atoms with E-state index in [4.69, 9.17) is 10.5 Å². The van der Waals surface area contributed by atoms with Gasteiger partial charge in [0.05, 0.1) is 13.2 Å². The third-order valence-corrected chi connectivity index (χ3v) is 3.43. The highest BCUT2D eigenvalue weighted by atomic mass is 19.1. The first kappa shape index (κ1) is 18.7. The van der Waals surface area contributed by atoms with Crippen LogP contribution >= 0.6 is 0 Å². The minimum atomic E-state index is -0.539. The van der Waals surface area contributed by atoms with Crippen molar-refractivity contribution in [2.45, 2.75) is 38.6 Å². The van der Waals surface area contributed by atoms with E-state index in [1.165, 1.54) is 13.2 Å². The van der Waals surface area contributed by atoms with Gasteiger partial charge >= 0.3 is 6.03 Å². The molecule has 0 spiro atoms. The fourth-order valence-corrected chi connectivity index (χ4v) is 2.15. The average Bonchev–Trinajstić information content (AvgIpc) is 2.50. The Morgan fingerprint density at radius 2 is 2.04 bits per heavy atom. The molecule has 0 aliphatic carbocycles. The Balaban J connectivity index is 2.30. The average molecular weight is 325 g/mol. The highest BCUT2D eigenvalue weighted by Crippen LogP contribution is 2.21. The number of primary amides is 1. The molecule has 0 fully saturated rings. The fraction of sp³-hybridized carbons (Fsp3) is 0.500. The number of halogens is 1. The molecule has 7 heteroatoms. The van der Waals surface area contributed by atoms with Crippen molar-refractivity contribution >= 4 is 11.9 Å². The van der Waals surface area contributed by atoms with Crippen LogP contribution in [0.5, 0.6) is 5.75 Å². The molecule has 1 rings (SSSR count). The summed E-state index contributed by atoms with van der Waals surface area (Å²) in [6.07, 6.45) is 2.70. The number of carbonyl (C=O) groups excluding carboxylic acids is 2. The lowest BCUT2D eigenvalue weighted by atomic mass is 10.1. The summed E-state index contributed by atoms with van der Waals surface area (Å²) >= 11 is 0. The Kier molecular flexibility index (Phi) is 7.87. The van der Waals surface area contributed by atoms with E-state index in [1.54, 1.807) is 19.1 Å². The molecule has 0 aliphatic rings. The Morgan fingerprint density at radius 1 is 1.30 bits per heavy atom. The zero-order chi connectivity index (χ0) is 17.2. The molecule has 0 aromatic heterocycles. The van der Waals surface area contributed by atoms with E-state index in [0.29, 0.717) is 18.5 Å². The third kappa shape index (κ3) is 6.99. The Hall–Kier alpha value is -2.31. The van der Waals surface area contributed by atoms with Crippen LogP contribution < -0.4 is 21.1 Å². The molecule has 0 heterocycles. The van der Waals surface area contributed by atoms with Gasteiger partial charge in [-0.05, 0) is 37.5 Å². The maximum Gasteiger partial charge on any atom is 0.312 e. The molecule has 1 atom stereocenters. The molecular weight excluding hydrogens is 301 g/mol. The predicted molar refractivity (Wildman–Crippen MR) is 85.6 cm³/mol. The van der Waals surface area contributed by atoms with Gasteiger partial charge < -0.3 is 21.1 Å². The lowest BCUT2D eigenvalue weighted by Gasteiger charge is -2.15. The van der Waals surface area contributed by atoms with E-state index >= 15 is 0 Å². The number of nitrogens with one attached hydrogen (secondary N) is 2. The van der Waals surface area contributed by atoms with Crippen molar-refractivity contribution < 1.29 is 18.7 Å². The molecule has 0 aliphatic heterocycles. The molecule has 1 aromatic carbocycles. The Morgan fingerprint density at radius 3 is 2.65 bits per heavy atom. The molecular formula is C16H24FN3O3. The number of amides is 3. The van der Waals surface area contributed by atoms with E-state index in [2.05, 4.69) is 10.6 Å². The van der Waals surface area contributed by atoms with Crippen molar-refractivity contribution in [1.29, 1.82) is 0 Å². The van der Waals surface area contributed by atoms with Gasteiger partial charge in [-0.15, -0.1) is 0 Å². The third-order valence-electron chi connectivity index (χ3n) is 3.43. The number of unbranched alkanes of at least 4 members (excludes halogenated alkanes) is 2. The Labute approximate surface area is 135 Å². The van der Waals surface area contributed by atoms with Gasteiger partial charge in [0, 0.05) is 13.0 Å². The molecule has 1 aromatic rings. The van der Waals surface area contributed by atoms with Crippen LogP contribution in [0.15, 0.2) is 18.2 Å². The van der Waals surface area contributed by atoms with Gasteiger partial charge in [-0.3, -0.25) is 4.79 Å². The molecule has 0 unspecified atom stereocenters. The lowest BCUT2D eigenvalue weighted by Crippen LogP contribution is -2.30. The lowest BCUT2D eigenvalue weighted by molar-refractivity contribution is -0.121. The predicted octanol–water partition coefficient (Wildman–Crippen LogP) is 2.24. The van der Waals surface area contributed by atoms with E-state index < -0.39 is 11.8 Å². The van der Waals surface area contributed by atoms with Gasteiger partial charge in [0.25, 0.3) is 0 Å². The van der Waals surface area contributed by atoms with Crippen LogP contribution in [0.25, 0.3) is 0 Å². The second kappa shape index (κ2) is 9.66. The first-order valence-electron chi connectivity index (χ1n) is 7.60. The summed E-state index contributed by atoms with van der Waals surface area (Å²) in [5.74, 6) is -0.360. The van der Waals surface area contributed by atoms with E-state index in [1.807, 2.05) is 0 Å². The smallest absolute Gasteiger partial charge is 0.312 e. The zero-order valence-corrected chi connectivity index (χ0v) is 13.5. The van der Waals surface area contributed by atoms with E-state index in [0.717, 1.165) is 19.3 Å². The summed E-state index contributed by atoms with van der Waals surface area (Å²) < 4.78 is 18.5. The molecule has 3 amide bonds. The summed E-state index contributed by atoms with van der Waals surface area (Å²) in [7, 11) is 1.41. The van der Waals surface area contributed by atoms with Crippen LogP contribution in [0.1, 0.15) is 44.2 Å². The SMILES string of the molecule is COc1ccc([C@H](C)NC(=O)CCCCCNC(N)=O)cc1F. The first-order chi connectivity index (χ1) is 10.9. The van der Waals surface area contributed by atoms with Crippen LogP contribution in [-0.4, -0.2) is 25.6 Å². The topological polar surface area (TPSA) is 93.4 Å². The summed E-state index contributed by atoms with van der Waals surface area (Å²) in [6, 6.07) is 3.81. The first-order valence-corrected chi connectivity index (χ1v) is 7.60. The molecule has 128 valence electrons. The van der Waals surface area contributed by atoms with Gasteiger partial charge in [-0.25, -0.2) is 9.18 Å². The normalized spacial score (nSPS) is 11.6. The monoisotopic (exact) mass is 325 g/mol. The zero-order valence-electron chi connectivity index (χ0n) is 13.5. The minimum absolute atomic E-state index is 0.0865. The number of hydrogen-bond acceptors (Lipinski definition) is 3. The van der Waals surface area contributed by atoms with Crippen molar-refractivity contribution in [3.05, 3.63) is 29.6 Å². The molecule has 0 saturated carbocycles. The second-order valence-electron chi connectivity index (χ2n) is 5.28. The number of rotatable bonds is 9. The van der Waals surface area contributed by atoms with Crippen molar-refractivity contribution in [3.63, 3.8) is 0 Å². The summed E-state index contributed by atoms with van der Waals surface area (Å²) in [5.41, 5.74) is 5.63. The van der Waals surface area contributed by atoms with Crippen molar-refractivity contribution in [2.75, 3.05) is 13.7 Å². The largest absolute Gasteiger partial charge is 0.494 e. The van der Waals surface area contributed by atoms with Crippen LogP contribution in [0.4, 0.5) is 9.18 Å². The number of urea groups is 1. The van der Waals surface area contributed by atoms with Crippen LogP contribution in [0.3, 0.4) is 0 Å². The molecule has 0 bridgehead atoms. The van der Waals surface area contributed by atoms with Gasteiger partial charge in [0.15, 0.2) is 11.6 Å². The van der Waals surface area contributed by atoms with Gasteiger partial charge in [0.1, 0.15) is 0 Å². The molecule has 6 nitrogen and oxygen atoms in total. The molecule has 0 radical (unpaired) electrons. The molecule has 23 heavy (non-hydrogen) atoms. The Bertz CT molecular complexity index is 537. The highest BCUT2D eigenvalue weighted by Gasteiger charge is 2.12. The standard InChI is InChI=1S/C16H24FN3O3/c1-11(12-7-8-14(23-2)13(17)10-12)20-15(21)6-4-3-5-9-19-16(18)22/h7-8,10-11H,3-6,9H2,1-2H3,(H,20,21)(H3,18,19,22)/t11-/m0/s1. The number of nitrogens with two attached hydrogens (primary N) is 1. The van der Waals surface area contributed by atoms with Crippen LogP contribution in [-0.2, 0) is 4.79 Å². The van der Waals surface area contributed by atoms with Crippen molar-refractivity contribution in [3.8, 4) is 5.75 Å². The van der Waals surface area contributed by atoms with Gasteiger partial charge in [0.2, 0.25) is 5.91 Å². The van der Waals surface area contributed by atoms with Crippen LogP contribution in [0.2, 0.25) is 0 Å². The summed E-state index contributed by atoms with van der Waals surface area (Å²) in [4.78, 5) is 22.3. The van der Waals surface area contributed by atoms with Gasteiger partial charge in [-0.1, -0.05) is 12.5 Å². The maximum atomic E-state index is 13.6. The maximum absolute atomic E-state index is 13.6. The fourth-order valence-electron chi connectivity index (χ4n) is 2.15. The van der Waals surface area contributed by atoms with E-state index in [-0.39, 0.29) is 17.7 Å². The number of benzene rings is 1. The van der Waals surface area contributed by atoms with Crippen molar-refractivity contribution in [1.82, 2.24) is 10.6 Å². The highest BCUT2D eigenvalue weighted by molar-refractivity contribution is 5.76. The summed E-state index contributed by atoms with van der Waals surface area (Å²) in [6.45, 7) is 2.31. The van der Waals surface area contributed by atoms with Crippen LogP contribution in [0, 0.1) is 5.82 Å². The molecule has 4 N–H and O–H groups in total. The molecule has 0 saturated heterocycles.